The highest BCUT2D eigenvalue weighted by atomic mass is 16.3. The molecular weight excluding hydrogens is 182 g/mol. The Morgan fingerprint density at radius 1 is 1.29 bits per heavy atom. The number of β-amino-alcohol motifs (C(OH)–C–C–N with tert-alkyl or cyclic N) is 1. The first-order valence-corrected chi connectivity index (χ1v) is 5.11. The summed E-state index contributed by atoms with van der Waals surface area (Å²) in [4.78, 5) is 23.8. The van der Waals surface area contributed by atoms with Crippen LogP contribution in [-0.4, -0.2) is 40.4 Å². The molecule has 1 aliphatic heterocycles. The van der Waals surface area contributed by atoms with Gasteiger partial charge in [-0.3, -0.25) is 9.59 Å². The van der Waals surface area contributed by atoms with Gasteiger partial charge in [0.1, 0.15) is 0 Å². The molecule has 0 aromatic heterocycles. The second-order valence-corrected chi connectivity index (χ2v) is 4.40. The van der Waals surface area contributed by atoms with Crippen LogP contribution in [0.1, 0.15) is 32.1 Å². The van der Waals surface area contributed by atoms with Gasteiger partial charge in [-0.2, -0.15) is 0 Å². The van der Waals surface area contributed by atoms with Crippen LogP contribution in [0.5, 0.6) is 0 Å². The van der Waals surface area contributed by atoms with Crippen LogP contribution in [0.2, 0.25) is 0 Å². The van der Waals surface area contributed by atoms with Gasteiger partial charge in [-0.05, 0) is 12.8 Å². The number of amides is 1. The summed E-state index contributed by atoms with van der Waals surface area (Å²) < 4.78 is 0. The smallest absolute Gasteiger partial charge is 0.230 e. The van der Waals surface area contributed by atoms with Crippen LogP contribution >= 0.6 is 0 Å². The molecule has 1 saturated heterocycles. The second kappa shape index (κ2) is 3.35. The van der Waals surface area contributed by atoms with Gasteiger partial charge in [0.25, 0.3) is 0 Å². The second-order valence-electron chi connectivity index (χ2n) is 4.40. The normalized spacial score (nSPS) is 26.2. The van der Waals surface area contributed by atoms with Gasteiger partial charge in [-0.1, -0.05) is 12.8 Å². The zero-order chi connectivity index (χ0) is 10.2. The average Bonchev–Trinajstić information content (AvgIpc) is 2.61. The summed E-state index contributed by atoms with van der Waals surface area (Å²) in [6.45, 7) is 0.540. The maximum absolute atomic E-state index is 11.3. The van der Waals surface area contributed by atoms with Crippen LogP contribution < -0.4 is 0 Å². The number of ketones is 1. The first kappa shape index (κ1) is 9.65. The fourth-order valence-electron chi connectivity index (χ4n) is 2.33. The summed E-state index contributed by atoms with van der Waals surface area (Å²) in [5.41, 5.74) is -0.722. The quantitative estimate of drug-likeness (QED) is 0.638. The zero-order valence-electron chi connectivity index (χ0n) is 8.16. The molecule has 1 amide bonds. The van der Waals surface area contributed by atoms with E-state index in [0.29, 0.717) is 6.54 Å². The SMILES string of the molecule is O=C1CC(=O)N(CC2(O)CCCC2)C1. The van der Waals surface area contributed by atoms with Crippen LogP contribution in [0.4, 0.5) is 0 Å². The van der Waals surface area contributed by atoms with Gasteiger partial charge in [0.2, 0.25) is 5.91 Å². The molecule has 1 heterocycles. The molecule has 0 atom stereocenters. The molecule has 2 rings (SSSR count). The maximum Gasteiger partial charge on any atom is 0.230 e. The predicted molar refractivity (Wildman–Crippen MR) is 49.6 cm³/mol. The third-order valence-corrected chi connectivity index (χ3v) is 3.09. The van der Waals surface area contributed by atoms with Crippen LogP contribution in [0.3, 0.4) is 0 Å². The van der Waals surface area contributed by atoms with Gasteiger partial charge in [-0.25, -0.2) is 0 Å². The van der Waals surface area contributed by atoms with Crippen molar-refractivity contribution in [1.29, 1.82) is 0 Å². The first-order valence-electron chi connectivity index (χ1n) is 5.11. The number of rotatable bonds is 2. The topological polar surface area (TPSA) is 57.6 Å². The third-order valence-electron chi connectivity index (χ3n) is 3.09. The summed E-state index contributed by atoms with van der Waals surface area (Å²) in [5, 5.41) is 10.1. The fourth-order valence-corrected chi connectivity index (χ4v) is 2.33. The van der Waals surface area contributed by atoms with E-state index in [2.05, 4.69) is 0 Å². The Kier molecular flexibility index (Phi) is 2.31. The van der Waals surface area contributed by atoms with E-state index in [1.807, 2.05) is 0 Å². The molecule has 1 N–H and O–H groups in total. The number of carbonyl (C=O) groups excluding carboxylic acids is 2. The van der Waals surface area contributed by atoms with E-state index in [-0.39, 0.29) is 24.7 Å². The lowest BCUT2D eigenvalue weighted by molar-refractivity contribution is -0.130. The predicted octanol–water partition coefficient (Wildman–Crippen LogP) is 0.0929. The van der Waals surface area contributed by atoms with Crippen LogP contribution in [-0.2, 0) is 9.59 Å². The minimum Gasteiger partial charge on any atom is -0.388 e. The summed E-state index contributed by atoms with van der Waals surface area (Å²) in [7, 11) is 0. The summed E-state index contributed by atoms with van der Waals surface area (Å²) >= 11 is 0. The van der Waals surface area contributed by atoms with Crippen molar-refractivity contribution in [3.8, 4) is 0 Å². The van der Waals surface area contributed by atoms with Gasteiger partial charge in [0, 0.05) is 6.54 Å². The van der Waals surface area contributed by atoms with Gasteiger partial charge in [0.05, 0.1) is 18.6 Å². The Morgan fingerprint density at radius 3 is 2.43 bits per heavy atom. The van der Waals surface area contributed by atoms with Gasteiger partial charge < -0.3 is 10.0 Å². The average molecular weight is 197 g/mol. The molecule has 1 saturated carbocycles. The Hall–Kier alpha value is -0.900. The molecule has 78 valence electrons. The molecule has 0 unspecified atom stereocenters. The molecule has 0 aromatic rings. The summed E-state index contributed by atoms with van der Waals surface area (Å²) in [6, 6.07) is 0. The van der Waals surface area contributed by atoms with Gasteiger partial charge >= 0.3 is 0 Å². The van der Waals surface area contributed by atoms with E-state index in [1.54, 1.807) is 0 Å². The molecule has 0 aromatic carbocycles. The van der Waals surface area contributed by atoms with Crippen molar-refractivity contribution in [3.05, 3.63) is 0 Å². The Labute approximate surface area is 82.9 Å². The van der Waals surface area contributed by atoms with E-state index in [9.17, 15) is 14.7 Å². The number of hydrogen-bond donors (Lipinski definition) is 1. The van der Waals surface area contributed by atoms with Crippen LogP contribution in [0.15, 0.2) is 0 Å². The third kappa shape index (κ3) is 1.80. The number of aliphatic hydroxyl groups is 1. The molecule has 2 fully saturated rings. The molecule has 0 radical (unpaired) electrons. The molecule has 14 heavy (non-hydrogen) atoms. The Balaban J connectivity index is 1.97. The van der Waals surface area contributed by atoms with Crippen LogP contribution in [0.25, 0.3) is 0 Å². The zero-order valence-corrected chi connectivity index (χ0v) is 8.16. The Morgan fingerprint density at radius 2 is 1.93 bits per heavy atom. The van der Waals surface area contributed by atoms with E-state index in [4.69, 9.17) is 0 Å². The van der Waals surface area contributed by atoms with Crippen molar-refractivity contribution in [2.75, 3.05) is 13.1 Å². The highest BCUT2D eigenvalue weighted by molar-refractivity contribution is 6.05. The Bertz CT molecular complexity index is 269. The molecule has 2 aliphatic rings. The largest absolute Gasteiger partial charge is 0.388 e. The molecule has 4 nitrogen and oxygen atoms in total. The van der Waals surface area contributed by atoms with E-state index >= 15 is 0 Å². The standard InChI is InChI=1S/C10H15NO3/c12-8-5-9(13)11(6-8)7-10(14)3-1-2-4-10/h14H,1-7H2. The van der Waals surface area contributed by atoms with E-state index in [0.717, 1.165) is 25.7 Å². The van der Waals surface area contributed by atoms with E-state index in [1.165, 1.54) is 4.90 Å². The summed E-state index contributed by atoms with van der Waals surface area (Å²) in [5.74, 6) is -0.160. The highest BCUT2D eigenvalue weighted by Gasteiger charge is 2.37. The van der Waals surface area contributed by atoms with Crippen molar-refractivity contribution in [1.82, 2.24) is 4.90 Å². The lowest BCUT2D eigenvalue weighted by Gasteiger charge is -2.27. The monoisotopic (exact) mass is 197 g/mol. The van der Waals surface area contributed by atoms with Crippen LogP contribution in [0, 0.1) is 0 Å². The molecule has 4 heteroatoms. The highest BCUT2D eigenvalue weighted by Crippen LogP contribution is 2.30. The van der Waals surface area contributed by atoms with Gasteiger partial charge in [0.15, 0.2) is 5.78 Å². The number of Topliss-reactive ketones (excluding diaryl/α,β-unsaturated/α-hetero) is 1. The molecule has 1 aliphatic carbocycles. The van der Waals surface area contributed by atoms with Crippen molar-refractivity contribution in [2.45, 2.75) is 37.7 Å². The van der Waals surface area contributed by atoms with Crippen molar-refractivity contribution in [2.24, 2.45) is 0 Å². The van der Waals surface area contributed by atoms with Crippen molar-refractivity contribution < 1.29 is 14.7 Å². The van der Waals surface area contributed by atoms with Gasteiger partial charge in [-0.15, -0.1) is 0 Å². The number of carbonyl (C=O) groups is 2. The fraction of sp³-hybridized carbons (Fsp3) is 0.800. The number of nitrogens with zero attached hydrogens (tertiary/aromatic N) is 1. The summed E-state index contributed by atoms with van der Waals surface area (Å²) in [6.07, 6.45) is 3.57. The van der Waals surface area contributed by atoms with Crippen molar-refractivity contribution in [3.63, 3.8) is 0 Å². The molecular formula is C10H15NO3. The number of hydrogen-bond acceptors (Lipinski definition) is 3. The number of likely N-dealkylation sites (tertiary alicyclic amines) is 1. The molecule has 0 bridgehead atoms. The van der Waals surface area contributed by atoms with E-state index < -0.39 is 5.60 Å². The first-order chi connectivity index (χ1) is 6.59. The van der Waals surface area contributed by atoms with Crippen molar-refractivity contribution >= 4 is 11.7 Å². The minimum atomic E-state index is -0.722. The molecule has 0 spiro atoms. The lowest BCUT2D eigenvalue weighted by Crippen LogP contribution is -2.41. The minimum absolute atomic E-state index is 0.0239. The lowest BCUT2D eigenvalue weighted by atomic mass is 10.0. The maximum atomic E-state index is 11.3.